The number of nitriles is 1. The van der Waals surface area contributed by atoms with Gasteiger partial charge in [-0.25, -0.2) is 4.85 Å². The van der Waals surface area contributed by atoms with E-state index >= 15 is 0 Å². The maximum atomic E-state index is 9.81. The summed E-state index contributed by atoms with van der Waals surface area (Å²) in [6, 6.07) is 47.1. The Morgan fingerprint density at radius 2 is 1.35 bits per heavy atom. The number of para-hydroxylation sites is 3. The van der Waals surface area contributed by atoms with Gasteiger partial charge in [0.15, 0.2) is 0 Å². The Balaban J connectivity index is 1.48. The molecule has 5 nitrogen and oxygen atoms in total. The summed E-state index contributed by atoms with van der Waals surface area (Å²) in [4.78, 5) is 5.79. The van der Waals surface area contributed by atoms with Gasteiger partial charge in [-0.3, -0.25) is 0 Å². The maximum absolute atomic E-state index is 9.81. The maximum Gasteiger partial charge on any atom is 0.204 e. The molecular weight excluding hydrogens is 528 g/mol. The van der Waals surface area contributed by atoms with Crippen molar-refractivity contribution in [2.24, 2.45) is 0 Å². The predicted molar refractivity (Wildman–Crippen MR) is 174 cm³/mol. The molecular formula is C38H22N4O. The predicted octanol–water partition coefficient (Wildman–Crippen LogP) is 10.6. The molecule has 2 aromatic heterocycles. The smallest absolute Gasteiger partial charge is 0.204 e. The Morgan fingerprint density at radius 3 is 2.07 bits per heavy atom. The van der Waals surface area contributed by atoms with E-state index in [1.54, 1.807) is 12.1 Å². The molecule has 0 aliphatic carbocycles. The molecule has 200 valence electrons. The Kier molecular flexibility index (Phi) is 5.50. The van der Waals surface area contributed by atoms with Gasteiger partial charge in [0.1, 0.15) is 11.2 Å². The van der Waals surface area contributed by atoms with Crippen LogP contribution in [-0.2, 0) is 0 Å². The summed E-state index contributed by atoms with van der Waals surface area (Å²) in [6.07, 6.45) is 0. The molecule has 0 aliphatic heterocycles. The highest BCUT2D eigenvalue weighted by Gasteiger charge is 2.21. The molecule has 0 radical (unpaired) electrons. The zero-order chi connectivity index (χ0) is 28.9. The SMILES string of the molecule is [C-]#[N+]c1ccc(-n2c3ccc(N(c4ccccc4)c4ccccc4)cc3c3c4oc5ccccc5c4ccc32)cc1C#N. The van der Waals surface area contributed by atoms with E-state index in [4.69, 9.17) is 11.0 Å². The number of hydrogen-bond acceptors (Lipinski definition) is 3. The molecule has 0 saturated heterocycles. The van der Waals surface area contributed by atoms with Crippen molar-refractivity contribution >= 4 is 66.5 Å². The Bertz CT molecular complexity index is 2380. The van der Waals surface area contributed by atoms with Crippen LogP contribution in [0.15, 0.2) is 138 Å². The molecule has 5 heteroatoms. The van der Waals surface area contributed by atoms with Gasteiger partial charge >= 0.3 is 0 Å². The summed E-state index contributed by atoms with van der Waals surface area (Å²) in [7, 11) is 0. The second-order valence-corrected chi connectivity index (χ2v) is 10.4. The average molecular weight is 551 g/mol. The lowest BCUT2D eigenvalue weighted by atomic mass is 10.1. The van der Waals surface area contributed by atoms with Crippen LogP contribution in [-0.4, -0.2) is 4.57 Å². The van der Waals surface area contributed by atoms with Crippen molar-refractivity contribution in [3.05, 3.63) is 150 Å². The minimum absolute atomic E-state index is 0.343. The van der Waals surface area contributed by atoms with E-state index in [9.17, 15) is 5.26 Å². The van der Waals surface area contributed by atoms with E-state index in [2.05, 4.69) is 81.0 Å². The molecule has 0 amide bonds. The third-order valence-corrected chi connectivity index (χ3v) is 8.02. The van der Waals surface area contributed by atoms with Crippen LogP contribution in [0, 0.1) is 17.9 Å². The van der Waals surface area contributed by atoms with Gasteiger partial charge in [0, 0.05) is 38.9 Å². The lowest BCUT2D eigenvalue weighted by molar-refractivity contribution is 0.673. The van der Waals surface area contributed by atoms with E-state index in [0.717, 1.165) is 66.5 Å². The van der Waals surface area contributed by atoms with Gasteiger partial charge in [0.2, 0.25) is 5.69 Å². The van der Waals surface area contributed by atoms with Crippen LogP contribution in [0.3, 0.4) is 0 Å². The summed E-state index contributed by atoms with van der Waals surface area (Å²) >= 11 is 0. The summed E-state index contributed by atoms with van der Waals surface area (Å²) in [6.45, 7) is 7.49. The van der Waals surface area contributed by atoms with Crippen molar-refractivity contribution in [3.63, 3.8) is 0 Å². The molecule has 43 heavy (non-hydrogen) atoms. The number of furan rings is 1. The lowest BCUT2D eigenvalue weighted by Crippen LogP contribution is -2.09. The highest BCUT2D eigenvalue weighted by atomic mass is 16.3. The zero-order valence-electron chi connectivity index (χ0n) is 22.9. The quantitative estimate of drug-likeness (QED) is 0.205. The van der Waals surface area contributed by atoms with Gasteiger partial charge in [-0.2, -0.15) is 5.26 Å². The molecule has 0 atom stereocenters. The second kappa shape index (κ2) is 9.66. The normalized spacial score (nSPS) is 11.2. The Labute approximate surface area is 247 Å². The summed E-state index contributed by atoms with van der Waals surface area (Å²) in [5, 5.41) is 14.0. The van der Waals surface area contributed by atoms with Crippen molar-refractivity contribution < 1.29 is 4.42 Å². The van der Waals surface area contributed by atoms with E-state index in [1.165, 1.54) is 0 Å². The molecule has 0 spiro atoms. The molecule has 2 heterocycles. The fourth-order valence-corrected chi connectivity index (χ4v) is 6.14. The van der Waals surface area contributed by atoms with Crippen molar-refractivity contribution in [2.45, 2.75) is 0 Å². The molecule has 8 rings (SSSR count). The molecule has 0 fully saturated rings. The summed E-state index contributed by atoms with van der Waals surface area (Å²) in [5.41, 5.74) is 8.23. The van der Waals surface area contributed by atoms with Gasteiger partial charge in [-0.15, -0.1) is 0 Å². The number of rotatable bonds is 4. The first-order valence-electron chi connectivity index (χ1n) is 14.0. The molecule has 8 aromatic rings. The van der Waals surface area contributed by atoms with Crippen LogP contribution in [0.4, 0.5) is 22.7 Å². The van der Waals surface area contributed by atoms with Crippen LogP contribution >= 0.6 is 0 Å². The van der Waals surface area contributed by atoms with Gasteiger partial charge in [-0.1, -0.05) is 60.7 Å². The molecule has 0 bridgehead atoms. The van der Waals surface area contributed by atoms with Crippen LogP contribution in [0.5, 0.6) is 0 Å². The van der Waals surface area contributed by atoms with Crippen molar-refractivity contribution in [1.82, 2.24) is 4.57 Å². The highest BCUT2D eigenvalue weighted by Crippen LogP contribution is 2.43. The number of hydrogen-bond donors (Lipinski definition) is 0. The fraction of sp³-hybridized carbons (Fsp3) is 0. The lowest BCUT2D eigenvalue weighted by Gasteiger charge is -2.25. The van der Waals surface area contributed by atoms with Crippen LogP contribution in [0.2, 0.25) is 0 Å². The first kappa shape index (κ1) is 24.5. The van der Waals surface area contributed by atoms with Crippen LogP contribution in [0.1, 0.15) is 5.56 Å². The van der Waals surface area contributed by atoms with Crippen molar-refractivity contribution in [3.8, 4) is 11.8 Å². The second-order valence-electron chi connectivity index (χ2n) is 10.4. The van der Waals surface area contributed by atoms with Crippen molar-refractivity contribution in [1.29, 1.82) is 5.26 Å². The number of nitrogens with zero attached hydrogens (tertiary/aromatic N) is 4. The fourth-order valence-electron chi connectivity index (χ4n) is 6.14. The highest BCUT2D eigenvalue weighted by molar-refractivity contribution is 6.24. The standard InChI is InChI=1S/C38H22N4O/c1-40-33-19-16-28(22-25(33)24-39)42-34-20-17-29(41(26-10-4-2-5-11-26)27-12-6-3-7-13-27)23-32(34)37-35(42)21-18-31-30-14-8-9-15-36(30)43-38(31)37/h2-23H. The molecule has 0 saturated carbocycles. The van der Waals surface area contributed by atoms with Gasteiger partial charge in [0.25, 0.3) is 0 Å². The minimum Gasteiger partial charge on any atom is -0.455 e. The minimum atomic E-state index is 0.343. The average Bonchev–Trinajstić information content (AvgIpc) is 3.61. The number of aromatic nitrogens is 1. The zero-order valence-corrected chi connectivity index (χ0v) is 22.9. The van der Waals surface area contributed by atoms with Gasteiger partial charge < -0.3 is 13.9 Å². The topological polar surface area (TPSA) is 49.5 Å². The molecule has 0 aliphatic rings. The van der Waals surface area contributed by atoms with E-state index in [0.29, 0.717) is 11.3 Å². The number of anilines is 3. The summed E-state index contributed by atoms with van der Waals surface area (Å²) in [5.74, 6) is 0. The third kappa shape index (κ3) is 3.77. The van der Waals surface area contributed by atoms with E-state index in [1.807, 2.05) is 60.7 Å². The largest absolute Gasteiger partial charge is 0.455 e. The van der Waals surface area contributed by atoms with E-state index < -0.39 is 0 Å². The number of fused-ring (bicyclic) bond motifs is 7. The molecule has 6 aromatic carbocycles. The van der Waals surface area contributed by atoms with Gasteiger partial charge in [-0.05, 0) is 72.8 Å². The van der Waals surface area contributed by atoms with Crippen LogP contribution in [0.25, 0.3) is 54.3 Å². The van der Waals surface area contributed by atoms with Gasteiger partial charge in [0.05, 0.1) is 34.6 Å². The Hall–Kier alpha value is -6.30. The first-order chi connectivity index (χ1) is 21.2. The molecule has 0 unspecified atom stereocenters. The van der Waals surface area contributed by atoms with E-state index in [-0.39, 0.29) is 0 Å². The van der Waals surface area contributed by atoms with Crippen LogP contribution < -0.4 is 4.90 Å². The Morgan fingerprint density at radius 1 is 0.651 bits per heavy atom. The number of benzene rings is 6. The monoisotopic (exact) mass is 550 g/mol. The summed E-state index contributed by atoms with van der Waals surface area (Å²) < 4.78 is 8.71. The van der Waals surface area contributed by atoms with Crippen molar-refractivity contribution in [2.75, 3.05) is 4.90 Å². The molecule has 0 N–H and O–H groups in total. The third-order valence-electron chi connectivity index (χ3n) is 8.02. The first-order valence-corrected chi connectivity index (χ1v) is 14.0.